The Morgan fingerprint density at radius 1 is 1.11 bits per heavy atom. The SMILES string of the molecule is COc1ccc(NC(=O)NC(=O)CSc2nnc(-c3ccc(O)cc3)o2)cc1. The van der Waals surface area contributed by atoms with Crippen molar-refractivity contribution >= 4 is 29.4 Å². The van der Waals surface area contributed by atoms with Gasteiger partial charge in [-0.3, -0.25) is 10.1 Å². The second-order valence-electron chi connectivity index (χ2n) is 5.44. The van der Waals surface area contributed by atoms with E-state index < -0.39 is 11.9 Å². The van der Waals surface area contributed by atoms with E-state index in [0.29, 0.717) is 17.0 Å². The predicted molar refractivity (Wildman–Crippen MR) is 102 cm³/mol. The van der Waals surface area contributed by atoms with Crippen molar-refractivity contribution in [3.05, 3.63) is 48.5 Å². The second kappa shape index (κ2) is 8.91. The number of imide groups is 1. The molecule has 3 rings (SSSR count). The maximum absolute atomic E-state index is 11.9. The molecule has 3 aromatic rings. The predicted octanol–water partition coefficient (Wildman–Crippen LogP) is 2.89. The van der Waals surface area contributed by atoms with Gasteiger partial charge in [-0.05, 0) is 48.5 Å². The number of carbonyl (C=O) groups excluding carboxylic acids is 2. The molecule has 0 saturated heterocycles. The number of thioether (sulfide) groups is 1. The van der Waals surface area contributed by atoms with Gasteiger partial charge in [0, 0.05) is 11.3 Å². The number of amides is 3. The first-order chi connectivity index (χ1) is 13.5. The summed E-state index contributed by atoms with van der Waals surface area (Å²) in [5.74, 6) is 0.459. The van der Waals surface area contributed by atoms with Gasteiger partial charge in [0.1, 0.15) is 11.5 Å². The van der Waals surface area contributed by atoms with Gasteiger partial charge >= 0.3 is 6.03 Å². The number of aromatic hydroxyl groups is 1. The van der Waals surface area contributed by atoms with Crippen molar-refractivity contribution in [1.82, 2.24) is 15.5 Å². The van der Waals surface area contributed by atoms with Gasteiger partial charge in [0.05, 0.1) is 12.9 Å². The Balaban J connectivity index is 1.47. The molecule has 3 amide bonds. The maximum atomic E-state index is 11.9. The van der Waals surface area contributed by atoms with E-state index in [9.17, 15) is 14.7 Å². The Hall–Kier alpha value is -3.53. The van der Waals surface area contributed by atoms with Crippen LogP contribution in [0.2, 0.25) is 0 Å². The minimum absolute atomic E-state index is 0.0761. The Bertz CT molecular complexity index is 957. The molecule has 2 aromatic carbocycles. The first-order valence-electron chi connectivity index (χ1n) is 8.04. The number of aromatic nitrogens is 2. The lowest BCUT2D eigenvalue weighted by Gasteiger charge is -2.07. The zero-order chi connectivity index (χ0) is 19.9. The highest BCUT2D eigenvalue weighted by atomic mass is 32.2. The minimum atomic E-state index is -0.647. The Morgan fingerprint density at radius 3 is 2.50 bits per heavy atom. The summed E-state index contributed by atoms with van der Waals surface area (Å²) in [4.78, 5) is 23.8. The van der Waals surface area contributed by atoms with E-state index >= 15 is 0 Å². The smallest absolute Gasteiger partial charge is 0.325 e. The molecule has 1 aromatic heterocycles. The highest BCUT2D eigenvalue weighted by Gasteiger charge is 2.13. The van der Waals surface area contributed by atoms with E-state index in [1.807, 2.05) is 0 Å². The van der Waals surface area contributed by atoms with Crippen molar-refractivity contribution in [1.29, 1.82) is 0 Å². The molecule has 0 bridgehead atoms. The zero-order valence-electron chi connectivity index (χ0n) is 14.7. The summed E-state index contributed by atoms with van der Waals surface area (Å²) in [6, 6.07) is 12.3. The van der Waals surface area contributed by atoms with Gasteiger partial charge in [-0.15, -0.1) is 10.2 Å². The summed E-state index contributed by atoms with van der Waals surface area (Å²) in [5, 5.41) is 22.0. The number of rotatable bonds is 6. The molecule has 0 spiro atoms. The van der Waals surface area contributed by atoms with Crippen molar-refractivity contribution in [2.45, 2.75) is 5.22 Å². The summed E-state index contributed by atoms with van der Waals surface area (Å²) in [6.07, 6.45) is 0. The molecule has 10 heteroatoms. The topological polar surface area (TPSA) is 127 Å². The molecule has 144 valence electrons. The van der Waals surface area contributed by atoms with Crippen LogP contribution in [0, 0.1) is 0 Å². The highest BCUT2D eigenvalue weighted by Crippen LogP contribution is 2.24. The normalized spacial score (nSPS) is 10.3. The molecular weight excluding hydrogens is 384 g/mol. The first kappa shape index (κ1) is 19.2. The number of ether oxygens (including phenoxy) is 1. The van der Waals surface area contributed by atoms with Crippen LogP contribution in [0.5, 0.6) is 11.5 Å². The molecule has 0 atom stereocenters. The number of benzene rings is 2. The van der Waals surface area contributed by atoms with Crippen LogP contribution < -0.4 is 15.4 Å². The summed E-state index contributed by atoms with van der Waals surface area (Å²) < 4.78 is 10.5. The standard InChI is InChI=1S/C18H16N4O5S/c1-26-14-8-4-12(5-9-14)19-17(25)20-15(24)10-28-18-22-21-16(27-18)11-2-6-13(23)7-3-11/h2-9,23H,10H2,1H3,(H2,19,20,24,25). The van der Waals surface area contributed by atoms with Crippen LogP contribution in [0.3, 0.4) is 0 Å². The number of methoxy groups -OCH3 is 1. The van der Waals surface area contributed by atoms with Crippen molar-refractivity contribution in [2.24, 2.45) is 0 Å². The number of nitrogens with zero attached hydrogens (tertiary/aromatic N) is 2. The molecule has 0 saturated carbocycles. The largest absolute Gasteiger partial charge is 0.508 e. The number of carbonyl (C=O) groups is 2. The first-order valence-corrected chi connectivity index (χ1v) is 9.02. The van der Waals surface area contributed by atoms with Crippen LogP contribution >= 0.6 is 11.8 Å². The summed E-state index contributed by atoms with van der Waals surface area (Å²) in [6.45, 7) is 0. The number of nitrogens with one attached hydrogen (secondary N) is 2. The fourth-order valence-corrected chi connectivity index (χ4v) is 2.68. The number of hydrogen-bond acceptors (Lipinski definition) is 8. The van der Waals surface area contributed by atoms with Gasteiger partial charge in [0.25, 0.3) is 5.22 Å². The molecule has 1 heterocycles. The van der Waals surface area contributed by atoms with E-state index in [2.05, 4.69) is 20.8 Å². The number of phenolic OH excluding ortho intramolecular Hbond substituents is 1. The molecule has 0 aliphatic carbocycles. The average Bonchev–Trinajstić information content (AvgIpc) is 3.16. The zero-order valence-corrected chi connectivity index (χ0v) is 15.5. The molecule has 0 aliphatic heterocycles. The van der Waals surface area contributed by atoms with E-state index in [-0.39, 0.29) is 22.6 Å². The molecular formula is C18H16N4O5S. The lowest BCUT2D eigenvalue weighted by atomic mass is 10.2. The fraction of sp³-hybridized carbons (Fsp3) is 0.111. The number of urea groups is 1. The van der Waals surface area contributed by atoms with Crippen molar-refractivity contribution < 1.29 is 23.8 Å². The van der Waals surface area contributed by atoms with Gasteiger partial charge in [-0.1, -0.05) is 11.8 Å². The maximum Gasteiger partial charge on any atom is 0.325 e. The van der Waals surface area contributed by atoms with E-state index in [4.69, 9.17) is 9.15 Å². The van der Waals surface area contributed by atoms with Crippen LogP contribution in [0.15, 0.2) is 58.2 Å². The van der Waals surface area contributed by atoms with Crippen LogP contribution in [-0.2, 0) is 4.79 Å². The summed E-state index contributed by atoms with van der Waals surface area (Å²) in [5.41, 5.74) is 1.16. The van der Waals surface area contributed by atoms with Gasteiger partial charge in [0.2, 0.25) is 11.8 Å². The molecule has 9 nitrogen and oxygen atoms in total. The second-order valence-corrected chi connectivity index (χ2v) is 6.37. The third kappa shape index (κ3) is 5.24. The van der Waals surface area contributed by atoms with Crippen LogP contribution in [-0.4, -0.2) is 40.1 Å². The van der Waals surface area contributed by atoms with Crippen molar-refractivity contribution in [2.75, 3.05) is 18.2 Å². The summed E-state index contributed by atoms with van der Waals surface area (Å²) >= 11 is 1.00. The van der Waals surface area contributed by atoms with Crippen LogP contribution in [0.25, 0.3) is 11.5 Å². The van der Waals surface area contributed by atoms with Crippen LogP contribution in [0.4, 0.5) is 10.5 Å². The fourth-order valence-electron chi connectivity index (χ4n) is 2.12. The summed E-state index contributed by atoms with van der Waals surface area (Å²) in [7, 11) is 1.54. The Labute approximate surface area is 164 Å². The number of phenols is 1. The van der Waals surface area contributed by atoms with E-state index in [1.54, 1.807) is 43.5 Å². The quantitative estimate of drug-likeness (QED) is 0.539. The lowest BCUT2D eigenvalue weighted by molar-refractivity contribution is -0.117. The van der Waals surface area contributed by atoms with Crippen LogP contribution in [0.1, 0.15) is 0 Å². The Kier molecular flexibility index (Phi) is 6.12. The molecule has 0 radical (unpaired) electrons. The van der Waals surface area contributed by atoms with Crippen molar-refractivity contribution in [3.8, 4) is 23.0 Å². The van der Waals surface area contributed by atoms with E-state index in [0.717, 1.165) is 11.8 Å². The lowest BCUT2D eigenvalue weighted by Crippen LogP contribution is -2.35. The third-order valence-electron chi connectivity index (χ3n) is 3.45. The number of hydrogen-bond donors (Lipinski definition) is 3. The molecule has 3 N–H and O–H groups in total. The monoisotopic (exact) mass is 400 g/mol. The van der Waals surface area contributed by atoms with E-state index in [1.165, 1.54) is 12.1 Å². The Morgan fingerprint density at radius 2 is 1.82 bits per heavy atom. The van der Waals surface area contributed by atoms with Gasteiger partial charge in [-0.25, -0.2) is 4.79 Å². The highest BCUT2D eigenvalue weighted by molar-refractivity contribution is 7.99. The average molecular weight is 400 g/mol. The molecule has 0 unspecified atom stereocenters. The van der Waals surface area contributed by atoms with Crippen molar-refractivity contribution in [3.63, 3.8) is 0 Å². The number of anilines is 1. The van der Waals surface area contributed by atoms with Gasteiger partial charge < -0.3 is 19.6 Å². The van der Waals surface area contributed by atoms with Gasteiger partial charge in [0.15, 0.2) is 0 Å². The molecule has 0 aliphatic rings. The molecule has 0 fully saturated rings. The third-order valence-corrected chi connectivity index (χ3v) is 4.27. The minimum Gasteiger partial charge on any atom is -0.508 e. The molecule has 28 heavy (non-hydrogen) atoms. The van der Waals surface area contributed by atoms with Gasteiger partial charge in [-0.2, -0.15) is 0 Å².